The molecule has 3 aromatic carbocycles. The maximum absolute atomic E-state index is 12.9. The molecule has 1 aliphatic heterocycles. The summed E-state index contributed by atoms with van der Waals surface area (Å²) < 4.78 is 17.4. The normalized spacial score (nSPS) is 20.7. The lowest BCUT2D eigenvalue weighted by molar-refractivity contribution is -0.385. The van der Waals surface area contributed by atoms with Gasteiger partial charge in [0.2, 0.25) is 0 Å². The van der Waals surface area contributed by atoms with Crippen molar-refractivity contribution in [2.75, 3.05) is 6.61 Å². The fourth-order valence-corrected chi connectivity index (χ4v) is 4.02. The Kier molecular flexibility index (Phi) is 7.54. The molecule has 11 heteroatoms. The van der Waals surface area contributed by atoms with E-state index in [4.69, 9.17) is 14.2 Å². The smallest absolute Gasteiger partial charge is 0.338 e. The number of hydrogen-bond donors (Lipinski definition) is 0. The van der Waals surface area contributed by atoms with Gasteiger partial charge >= 0.3 is 11.9 Å². The maximum atomic E-state index is 12.9. The molecule has 37 heavy (non-hydrogen) atoms. The van der Waals surface area contributed by atoms with Crippen LogP contribution >= 0.6 is 0 Å². The second kappa shape index (κ2) is 11.0. The first-order valence-corrected chi connectivity index (χ1v) is 11.3. The van der Waals surface area contributed by atoms with Crippen LogP contribution in [0.15, 0.2) is 78.9 Å². The molecule has 0 saturated carbocycles. The molecule has 0 spiro atoms. The first-order valence-electron chi connectivity index (χ1n) is 11.3. The van der Waals surface area contributed by atoms with E-state index in [1.807, 2.05) is 30.3 Å². The highest BCUT2D eigenvalue weighted by Gasteiger charge is 2.45. The monoisotopic (exact) mass is 506 g/mol. The minimum Gasteiger partial charge on any atom is -0.459 e. The Morgan fingerprint density at radius 3 is 1.84 bits per heavy atom. The van der Waals surface area contributed by atoms with Crippen molar-refractivity contribution in [3.8, 4) is 0 Å². The molecule has 1 fully saturated rings. The van der Waals surface area contributed by atoms with Gasteiger partial charge in [-0.3, -0.25) is 20.2 Å². The van der Waals surface area contributed by atoms with E-state index in [9.17, 15) is 29.8 Å². The third kappa shape index (κ3) is 5.78. The van der Waals surface area contributed by atoms with Crippen LogP contribution in [0.25, 0.3) is 0 Å². The second-order valence-corrected chi connectivity index (χ2v) is 8.44. The number of nitro benzene ring substituents is 2. The molecule has 0 amide bonds. The van der Waals surface area contributed by atoms with Gasteiger partial charge in [0.1, 0.15) is 18.8 Å². The second-order valence-electron chi connectivity index (χ2n) is 8.44. The van der Waals surface area contributed by atoms with Crippen molar-refractivity contribution in [2.45, 2.75) is 25.2 Å². The zero-order chi connectivity index (χ0) is 26.5. The number of rotatable bonds is 8. The number of hydrogen-bond acceptors (Lipinski definition) is 9. The Bertz CT molecular complexity index is 1290. The average Bonchev–Trinajstić information content (AvgIpc) is 3.22. The summed E-state index contributed by atoms with van der Waals surface area (Å²) in [5.41, 5.74) is 0.772. The SMILES string of the molecule is C[C@@H]1[C@@H](OC(=O)c2ccc([N+](=O)[O-])cc2)[C@H](c2ccccc2)O[C@H]1COC(=O)c1ccc([N+](=O)[O-])cc1. The van der Waals surface area contributed by atoms with Crippen molar-refractivity contribution >= 4 is 23.3 Å². The lowest BCUT2D eigenvalue weighted by Gasteiger charge is -2.22. The molecule has 11 nitrogen and oxygen atoms in total. The molecule has 1 heterocycles. The third-order valence-corrected chi connectivity index (χ3v) is 6.10. The van der Waals surface area contributed by atoms with E-state index < -0.39 is 40.1 Å². The van der Waals surface area contributed by atoms with Gasteiger partial charge in [-0.15, -0.1) is 0 Å². The summed E-state index contributed by atoms with van der Waals surface area (Å²) in [6, 6.07) is 19.3. The third-order valence-electron chi connectivity index (χ3n) is 6.10. The van der Waals surface area contributed by atoms with Crippen LogP contribution in [-0.4, -0.2) is 40.6 Å². The van der Waals surface area contributed by atoms with Crippen LogP contribution in [0.1, 0.15) is 39.3 Å². The van der Waals surface area contributed by atoms with Crippen LogP contribution < -0.4 is 0 Å². The molecule has 0 bridgehead atoms. The number of benzene rings is 3. The molecule has 0 aliphatic carbocycles. The van der Waals surface area contributed by atoms with Crippen molar-refractivity contribution in [3.05, 3.63) is 116 Å². The van der Waals surface area contributed by atoms with Crippen LogP contribution in [0.4, 0.5) is 11.4 Å². The largest absolute Gasteiger partial charge is 0.459 e. The van der Waals surface area contributed by atoms with E-state index in [0.29, 0.717) is 0 Å². The topological polar surface area (TPSA) is 148 Å². The number of carbonyl (C=O) groups is 2. The standard InChI is InChI=1S/C26H22N2O9/c1-16-22(15-35-25(29)18-7-11-20(12-8-18)27(31)32)36-24(17-5-3-2-4-6-17)23(16)37-26(30)19-9-13-21(14-10-19)28(33)34/h2-14,16,22-24H,15H2,1H3/t16-,22-,23+,24-/m0/s1. The van der Waals surface area contributed by atoms with Gasteiger partial charge in [0.25, 0.3) is 11.4 Å². The van der Waals surface area contributed by atoms with Gasteiger partial charge in [-0.25, -0.2) is 9.59 Å². The van der Waals surface area contributed by atoms with Crippen molar-refractivity contribution in [1.29, 1.82) is 0 Å². The first-order chi connectivity index (χ1) is 17.7. The van der Waals surface area contributed by atoms with Gasteiger partial charge in [0.05, 0.1) is 27.1 Å². The quantitative estimate of drug-likeness (QED) is 0.241. The molecule has 0 radical (unpaired) electrons. The summed E-state index contributed by atoms with van der Waals surface area (Å²) in [5.74, 6) is -1.72. The molecule has 1 aliphatic rings. The molecule has 3 aromatic rings. The van der Waals surface area contributed by atoms with E-state index in [1.165, 1.54) is 48.5 Å². The van der Waals surface area contributed by atoms with Gasteiger partial charge in [-0.05, 0) is 29.8 Å². The lowest BCUT2D eigenvalue weighted by Crippen LogP contribution is -2.30. The first kappa shape index (κ1) is 25.5. The molecule has 190 valence electrons. The Hall–Kier alpha value is -4.64. The van der Waals surface area contributed by atoms with Crippen LogP contribution in [0.3, 0.4) is 0 Å². The molecule has 4 rings (SSSR count). The fraction of sp³-hybridized carbons (Fsp3) is 0.231. The molecular weight excluding hydrogens is 484 g/mol. The van der Waals surface area contributed by atoms with E-state index in [2.05, 4.69) is 0 Å². The van der Waals surface area contributed by atoms with E-state index in [0.717, 1.165) is 5.56 Å². The zero-order valence-electron chi connectivity index (χ0n) is 19.6. The summed E-state index contributed by atoms with van der Waals surface area (Å²) in [4.78, 5) is 45.9. The summed E-state index contributed by atoms with van der Waals surface area (Å²) in [7, 11) is 0. The van der Waals surface area contributed by atoms with Crippen LogP contribution in [0.2, 0.25) is 0 Å². The van der Waals surface area contributed by atoms with Crippen LogP contribution in [-0.2, 0) is 14.2 Å². The van der Waals surface area contributed by atoms with Crippen molar-refractivity contribution in [2.24, 2.45) is 5.92 Å². The predicted octanol–water partition coefficient (Wildman–Crippen LogP) is 4.66. The fourth-order valence-electron chi connectivity index (χ4n) is 4.02. The highest BCUT2D eigenvalue weighted by atomic mass is 16.6. The average molecular weight is 506 g/mol. The minimum absolute atomic E-state index is 0.133. The molecule has 0 unspecified atom stereocenters. The van der Waals surface area contributed by atoms with Gasteiger partial charge in [0, 0.05) is 30.2 Å². The molecule has 1 saturated heterocycles. The van der Waals surface area contributed by atoms with E-state index in [1.54, 1.807) is 6.92 Å². The van der Waals surface area contributed by atoms with Crippen LogP contribution in [0, 0.1) is 26.1 Å². The summed E-state index contributed by atoms with van der Waals surface area (Å²) in [6.07, 6.45) is -1.98. The van der Waals surface area contributed by atoms with Crippen molar-refractivity contribution in [1.82, 2.24) is 0 Å². The molecule has 0 N–H and O–H groups in total. The zero-order valence-corrected chi connectivity index (χ0v) is 19.6. The molecular formula is C26H22N2O9. The van der Waals surface area contributed by atoms with E-state index in [-0.39, 0.29) is 35.0 Å². The Morgan fingerprint density at radius 1 is 0.811 bits per heavy atom. The highest BCUT2D eigenvalue weighted by molar-refractivity contribution is 5.90. The minimum atomic E-state index is -0.729. The van der Waals surface area contributed by atoms with Gasteiger partial charge in [-0.2, -0.15) is 0 Å². The Labute approximate surface area is 210 Å². The number of non-ortho nitro benzene ring substituents is 2. The molecule has 0 aromatic heterocycles. The van der Waals surface area contributed by atoms with Gasteiger partial charge < -0.3 is 14.2 Å². The van der Waals surface area contributed by atoms with Crippen molar-refractivity contribution in [3.63, 3.8) is 0 Å². The Balaban J connectivity index is 1.47. The summed E-state index contributed by atoms with van der Waals surface area (Å²) in [5, 5.41) is 21.7. The number of ether oxygens (including phenoxy) is 3. The van der Waals surface area contributed by atoms with Crippen molar-refractivity contribution < 1.29 is 33.6 Å². The van der Waals surface area contributed by atoms with Gasteiger partial charge in [0.15, 0.2) is 0 Å². The summed E-state index contributed by atoms with van der Waals surface area (Å²) in [6.45, 7) is 1.67. The number of carbonyl (C=O) groups excluding carboxylic acids is 2. The summed E-state index contributed by atoms with van der Waals surface area (Å²) >= 11 is 0. The van der Waals surface area contributed by atoms with E-state index >= 15 is 0 Å². The van der Waals surface area contributed by atoms with Gasteiger partial charge in [-0.1, -0.05) is 37.3 Å². The lowest BCUT2D eigenvalue weighted by atomic mass is 9.95. The van der Waals surface area contributed by atoms with Crippen LogP contribution in [0.5, 0.6) is 0 Å². The number of nitro groups is 2. The molecule has 4 atom stereocenters. The Morgan fingerprint density at radius 2 is 1.32 bits per heavy atom. The number of esters is 2. The number of nitrogens with zero attached hydrogens (tertiary/aromatic N) is 2. The highest BCUT2D eigenvalue weighted by Crippen LogP contribution is 2.40. The maximum Gasteiger partial charge on any atom is 0.338 e. The predicted molar refractivity (Wildman–Crippen MR) is 129 cm³/mol.